The Bertz CT molecular complexity index is 463. The first-order valence-electron chi connectivity index (χ1n) is 7.76. The maximum atomic E-state index is 3.77. The lowest BCUT2D eigenvalue weighted by Crippen LogP contribution is -2.35. The van der Waals surface area contributed by atoms with Crippen LogP contribution >= 0.6 is 0 Å². The van der Waals surface area contributed by atoms with Crippen LogP contribution in [0.3, 0.4) is 0 Å². The van der Waals surface area contributed by atoms with Gasteiger partial charge < -0.3 is 5.32 Å². The van der Waals surface area contributed by atoms with Crippen LogP contribution in [0.1, 0.15) is 37.8 Å². The van der Waals surface area contributed by atoms with Crippen molar-refractivity contribution in [2.24, 2.45) is 17.8 Å². The third-order valence-electron chi connectivity index (χ3n) is 5.09. The molecule has 0 spiro atoms. The van der Waals surface area contributed by atoms with E-state index in [1.165, 1.54) is 24.0 Å². The predicted octanol–water partition coefficient (Wildman–Crippen LogP) is 3.94. The van der Waals surface area contributed by atoms with Crippen molar-refractivity contribution in [2.75, 3.05) is 0 Å². The summed E-state index contributed by atoms with van der Waals surface area (Å²) in [7, 11) is 0. The molecule has 2 aliphatic rings. The van der Waals surface area contributed by atoms with Gasteiger partial charge in [-0.1, -0.05) is 43.3 Å². The van der Waals surface area contributed by atoms with E-state index in [-0.39, 0.29) is 0 Å². The summed E-state index contributed by atoms with van der Waals surface area (Å²) in [6, 6.07) is 9.44. The monoisotopic (exact) mass is 255 g/mol. The highest BCUT2D eigenvalue weighted by atomic mass is 14.9. The quantitative estimate of drug-likeness (QED) is 0.786. The van der Waals surface area contributed by atoms with Gasteiger partial charge >= 0.3 is 0 Å². The number of hydrogen-bond acceptors (Lipinski definition) is 1. The fourth-order valence-corrected chi connectivity index (χ4v) is 3.90. The van der Waals surface area contributed by atoms with Gasteiger partial charge in [0.1, 0.15) is 0 Å². The van der Waals surface area contributed by atoms with E-state index in [0.717, 1.165) is 30.7 Å². The van der Waals surface area contributed by atoms with Crippen molar-refractivity contribution in [3.63, 3.8) is 0 Å². The van der Waals surface area contributed by atoms with Crippen LogP contribution in [0.2, 0.25) is 0 Å². The van der Waals surface area contributed by atoms with Crippen molar-refractivity contribution in [2.45, 2.75) is 45.7 Å². The number of benzene rings is 1. The average molecular weight is 255 g/mol. The minimum absolute atomic E-state index is 0.630. The molecule has 0 saturated heterocycles. The Morgan fingerprint density at radius 2 is 1.95 bits per heavy atom. The average Bonchev–Trinajstić information content (AvgIpc) is 3.07. The second-order valence-electron chi connectivity index (χ2n) is 6.24. The van der Waals surface area contributed by atoms with Gasteiger partial charge in [-0.25, -0.2) is 0 Å². The Hall–Kier alpha value is -1.08. The lowest BCUT2D eigenvalue weighted by molar-refractivity contribution is 0.326. The Morgan fingerprint density at radius 1 is 1.16 bits per heavy atom. The van der Waals surface area contributed by atoms with E-state index in [4.69, 9.17) is 0 Å². The maximum Gasteiger partial charge on any atom is 0.0210 e. The van der Waals surface area contributed by atoms with Crippen LogP contribution in [-0.2, 0) is 13.0 Å². The zero-order chi connectivity index (χ0) is 13.2. The fourth-order valence-electron chi connectivity index (χ4n) is 3.90. The molecular weight excluding hydrogens is 230 g/mol. The molecule has 0 radical (unpaired) electrons. The number of hydrogen-bond donors (Lipinski definition) is 1. The zero-order valence-electron chi connectivity index (χ0n) is 12.1. The molecule has 1 nitrogen and oxygen atoms in total. The lowest BCUT2D eigenvalue weighted by atomic mass is 9.87. The van der Waals surface area contributed by atoms with Gasteiger partial charge in [0.2, 0.25) is 0 Å². The van der Waals surface area contributed by atoms with Gasteiger partial charge in [0.25, 0.3) is 0 Å². The van der Waals surface area contributed by atoms with Crippen LogP contribution in [0.25, 0.3) is 0 Å². The number of nitrogens with one attached hydrogen (secondary N) is 1. The SMILES string of the molecule is CCc1ccccc1CNC(C)C1CC2C=CC1C2. The molecule has 19 heavy (non-hydrogen) atoms. The highest BCUT2D eigenvalue weighted by Gasteiger charge is 2.38. The Balaban J connectivity index is 1.58. The minimum Gasteiger partial charge on any atom is -0.310 e. The molecule has 0 heterocycles. The van der Waals surface area contributed by atoms with Crippen molar-refractivity contribution >= 4 is 0 Å². The smallest absolute Gasteiger partial charge is 0.0210 e. The maximum absolute atomic E-state index is 3.77. The van der Waals surface area contributed by atoms with Gasteiger partial charge in [-0.15, -0.1) is 0 Å². The van der Waals surface area contributed by atoms with Crippen molar-refractivity contribution in [1.29, 1.82) is 0 Å². The number of aryl methyl sites for hydroxylation is 1. The van der Waals surface area contributed by atoms with Crippen LogP contribution in [-0.4, -0.2) is 6.04 Å². The molecule has 1 saturated carbocycles. The summed E-state index contributed by atoms with van der Waals surface area (Å²) in [4.78, 5) is 0. The molecule has 1 fully saturated rings. The first kappa shape index (κ1) is 12.9. The molecule has 0 aliphatic heterocycles. The highest BCUT2D eigenvalue weighted by Crippen LogP contribution is 2.44. The summed E-state index contributed by atoms with van der Waals surface area (Å²) in [6.07, 6.45) is 8.81. The van der Waals surface area contributed by atoms with E-state index in [1.54, 1.807) is 0 Å². The summed E-state index contributed by atoms with van der Waals surface area (Å²) in [5.74, 6) is 2.57. The largest absolute Gasteiger partial charge is 0.310 e. The molecule has 102 valence electrons. The first-order valence-corrected chi connectivity index (χ1v) is 7.76. The Kier molecular flexibility index (Phi) is 3.74. The molecule has 1 aromatic rings. The second-order valence-corrected chi connectivity index (χ2v) is 6.24. The van der Waals surface area contributed by atoms with Crippen LogP contribution in [0.5, 0.6) is 0 Å². The molecule has 4 atom stereocenters. The molecule has 0 aromatic heterocycles. The minimum atomic E-state index is 0.630. The van der Waals surface area contributed by atoms with E-state index in [9.17, 15) is 0 Å². The number of allylic oxidation sites excluding steroid dienone is 2. The van der Waals surface area contributed by atoms with Crippen LogP contribution in [0, 0.1) is 17.8 Å². The van der Waals surface area contributed by atoms with Gasteiger partial charge in [0.05, 0.1) is 0 Å². The van der Waals surface area contributed by atoms with Gasteiger partial charge in [-0.2, -0.15) is 0 Å². The molecule has 2 bridgehead atoms. The zero-order valence-corrected chi connectivity index (χ0v) is 12.1. The van der Waals surface area contributed by atoms with E-state index >= 15 is 0 Å². The molecule has 1 N–H and O–H groups in total. The second kappa shape index (κ2) is 5.50. The molecule has 4 unspecified atom stereocenters. The van der Waals surface area contributed by atoms with Crippen molar-refractivity contribution in [3.8, 4) is 0 Å². The predicted molar refractivity (Wildman–Crippen MR) is 81.0 cm³/mol. The molecular formula is C18H25N. The summed E-state index contributed by atoms with van der Waals surface area (Å²) in [6.45, 7) is 5.62. The molecule has 1 aromatic carbocycles. The topological polar surface area (TPSA) is 12.0 Å². The summed E-state index contributed by atoms with van der Waals surface area (Å²) in [5.41, 5.74) is 2.95. The molecule has 0 amide bonds. The van der Waals surface area contributed by atoms with Crippen molar-refractivity contribution in [3.05, 3.63) is 47.5 Å². The standard InChI is InChI=1S/C18H25N/c1-3-15-6-4-5-7-17(15)12-19-13(2)18-11-14-8-9-16(18)10-14/h4-9,13-14,16,18-19H,3,10-12H2,1-2H3. The first-order chi connectivity index (χ1) is 9.28. The van der Waals surface area contributed by atoms with Crippen molar-refractivity contribution in [1.82, 2.24) is 5.32 Å². The Morgan fingerprint density at radius 3 is 2.58 bits per heavy atom. The third-order valence-corrected chi connectivity index (χ3v) is 5.09. The van der Waals surface area contributed by atoms with Crippen LogP contribution in [0.15, 0.2) is 36.4 Å². The number of rotatable bonds is 5. The molecule has 1 heteroatoms. The summed E-state index contributed by atoms with van der Waals surface area (Å²) >= 11 is 0. The van der Waals surface area contributed by atoms with Crippen molar-refractivity contribution < 1.29 is 0 Å². The lowest BCUT2D eigenvalue weighted by Gasteiger charge is -2.26. The number of fused-ring (bicyclic) bond motifs is 2. The van der Waals surface area contributed by atoms with Gasteiger partial charge in [-0.05, 0) is 55.1 Å². The van der Waals surface area contributed by atoms with Gasteiger partial charge in [-0.3, -0.25) is 0 Å². The summed E-state index contributed by atoms with van der Waals surface area (Å²) < 4.78 is 0. The molecule has 2 aliphatic carbocycles. The Labute approximate surface area is 117 Å². The summed E-state index contributed by atoms with van der Waals surface area (Å²) in [5, 5.41) is 3.77. The fraction of sp³-hybridized carbons (Fsp3) is 0.556. The van der Waals surface area contributed by atoms with E-state index in [0.29, 0.717) is 6.04 Å². The van der Waals surface area contributed by atoms with E-state index in [1.807, 2.05) is 0 Å². The van der Waals surface area contributed by atoms with E-state index in [2.05, 4.69) is 55.6 Å². The van der Waals surface area contributed by atoms with Gasteiger partial charge in [0, 0.05) is 12.6 Å². The molecule has 3 rings (SSSR count). The normalized spacial score (nSPS) is 29.9. The van der Waals surface area contributed by atoms with Crippen LogP contribution in [0.4, 0.5) is 0 Å². The highest BCUT2D eigenvalue weighted by molar-refractivity contribution is 5.27. The third kappa shape index (κ3) is 2.62. The van der Waals surface area contributed by atoms with Crippen LogP contribution < -0.4 is 5.32 Å². The van der Waals surface area contributed by atoms with E-state index < -0.39 is 0 Å². The van der Waals surface area contributed by atoms with Gasteiger partial charge in [0.15, 0.2) is 0 Å².